The van der Waals surface area contributed by atoms with Crippen LogP contribution >= 0.6 is 23.4 Å². The second kappa shape index (κ2) is 5.33. The third-order valence-electron chi connectivity index (χ3n) is 2.11. The standard InChI is InChI=1S/C11H10ClN3OS/c1-7-10(16)14-11(17-7)15-13-6-8-2-4-9(12)5-3-8/h2-7H,1H3,(H,14,15,16)/b13-6+/t7-/m1/s1. The first kappa shape index (κ1) is 12.1. The molecule has 0 saturated carbocycles. The Kier molecular flexibility index (Phi) is 3.81. The van der Waals surface area contributed by atoms with E-state index in [2.05, 4.69) is 15.5 Å². The van der Waals surface area contributed by atoms with Crippen LogP contribution in [0, 0.1) is 0 Å². The Balaban J connectivity index is 2.00. The van der Waals surface area contributed by atoms with Crippen molar-refractivity contribution >= 4 is 40.7 Å². The van der Waals surface area contributed by atoms with Crippen molar-refractivity contribution in [3.63, 3.8) is 0 Å². The number of amidine groups is 1. The highest BCUT2D eigenvalue weighted by Crippen LogP contribution is 2.18. The van der Waals surface area contributed by atoms with E-state index in [1.165, 1.54) is 11.8 Å². The zero-order valence-electron chi connectivity index (χ0n) is 9.05. The number of hydrogen-bond donors (Lipinski definition) is 1. The van der Waals surface area contributed by atoms with Crippen LogP contribution < -0.4 is 5.32 Å². The first-order valence-electron chi connectivity index (χ1n) is 4.99. The van der Waals surface area contributed by atoms with Crippen LogP contribution in [0.15, 0.2) is 34.5 Å². The van der Waals surface area contributed by atoms with Crippen LogP contribution in [0.1, 0.15) is 12.5 Å². The van der Waals surface area contributed by atoms with Gasteiger partial charge in [0.25, 0.3) is 0 Å². The maximum atomic E-state index is 11.2. The van der Waals surface area contributed by atoms with Gasteiger partial charge in [0.2, 0.25) is 5.91 Å². The van der Waals surface area contributed by atoms with Crippen molar-refractivity contribution in [1.29, 1.82) is 0 Å². The molecule has 0 aliphatic carbocycles. The largest absolute Gasteiger partial charge is 0.303 e. The summed E-state index contributed by atoms with van der Waals surface area (Å²) in [6, 6.07) is 7.25. The Labute approximate surface area is 108 Å². The summed E-state index contributed by atoms with van der Waals surface area (Å²) >= 11 is 7.12. The summed E-state index contributed by atoms with van der Waals surface area (Å²) in [4.78, 5) is 11.2. The SMILES string of the molecule is C[C@H]1S/C(=N\N=C\c2ccc(Cl)cc2)NC1=O. The molecular weight excluding hydrogens is 258 g/mol. The lowest BCUT2D eigenvalue weighted by atomic mass is 10.2. The van der Waals surface area contributed by atoms with Gasteiger partial charge < -0.3 is 5.32 Å². The van der Waals surface area contributed by atoms with E-state index in [9.17, 15) is 4.79 Å². The molecule has 0 spiro atoms. The second-order valence-corrected chi connectivity index (χ2v) is 5.22. The summed E-state index contributed by atoms with van der Waals surface area (Å²) in [6.45, 7) is 1.82. The van der Waals surface area contributed by atoms with Gasteiger partial charge in [0.15, 0.2) is 5.17 Å². The monoisotopic (exact) mass is 267 g/mol. The molecule has 0 bridgehead atoms. The van der Waals surface area contributed by atoms with Crippen molar-refractivity contribution in [3.8, 4) is 0 Å². The average molecular weight is 268 g/mol. The Morgan fingerprint density at radius 3 is 2.71 bits per heavy atom. The van der Waals surface area contributed by atoms with Gasteiger partial charge in [-0.3, -0.25) is 4.79 Å². The maximum Gasteiger partial charge on any atom is 0.239 e. The zero-order chi connectivity index (χ0) is 12.3. The number of carbonyl (C=O) groups is 1. The number of amides is 1. The van der Waals surface area contributed by atoms with Crippen LogP contribution in [0.25, 0.3) is 0 Å². The maximum absolute atomic E-state index is 11.2. The van der Waals surface area contributed by atoms with Crippen LogP contribution in [0.5, 0.6) is 0 Å². The van der Waals surface area contributed by atoms with Gasteiger partial charge in [0, 0.05) is 5.02 Å². The fourth-order valence-corrected chi connectivity index (χ4v) is 2.08. The molecule has 2 rings (SSSR count). The van der Waals surface area contributed by atoms with Crippen LogP contribution in [-0.2, 0) is 4.79 Å². The highest BCUT2D eigenvalue weighted by molar-refractivity contribution is 8.15. The van der Waals surface area contributed by atoms with E-state index in [0.29, 0.717) is 10.2 Å². The molecule has 1 heterocycles. The normalized spacial score (nSPS) is 22.4. The zero-order valence-corrected chi connectivity index (χ0v) is 10.6. The van der Waals surface area contributed by atoms with E-state index in [4.69, 9.17) is 11.6 Å². The molecule has 1 saturated heterocycles. The van der Waals surface area contributed by atoms with Crippen molar-refractivity contribution in [2.75, 3.05) is 0 Å². The Morgan fingerprint density at radius 2 is 2.12 bits per heavy atom. The number of hydrogen-bond acceptors (Lipinski definition) is 4. The summed E-state index contributed by atoms with van der Waals surface area (Å²) in [7, 11) is 0. The number of thioether (sulfide) groups is 1. The van der Waals surface area contributed by atoms with Crippen LogP contribution in [0.3, 0.4) is 0 Å². The molecule has 88 valence electrons. The summed E-state index contributed by atoms with van der Waals surface area (Å²) in [5, 5.41) is 11.6. The van der Waals surface area contributed by atoms with Gasteiger partial charge in [-0.05, 0) is 24.6 Å². The van der Waals surface area contributed by atoms with Crippen molar-refractivity contribution in [2.24, 2.45) is 10.2 Å². The van der Waals surface area contributed by atoms with Gasteiger partial charge in [-0.2, -0.15) is 5.10 Å². The van der Waals surface area contributed by atoms with Crippen LogP contribution in [0.2, 0.25) is 5.02 Å². The smallest absolute Gasteiger partial charge is 0.239 e. The van der Waals surface area contributed by atoms with E-state index in [1.807, 2.05) is 19.1 Å². The predicted molar refractivity (Wildman–Crippen MR) is 71.7 cm³/mol. The number of carbonyl (C=O) groups excluding carboxylic acids is 1. The number of nitrogens with one attached hydrogen (secondary N) is 1. The Bertz CT molecular complexity index is 484. The van der Waals surface area contributed by atoms with Gasteiger partial charge in [-0.25, -0.2) is 0 Å². The van der Waals surface area contributed by atoms with Gasteiger partial charge in [0.05, 0.1) is 11.5 Å². The third-order valence-corrected chi connectivity index (χ3v) is 3.34. The van der Waals surface area contributed by atoms with E-state index < -0.39 is 0 Å². The van der Waals surface area contributed by atoms with Gasteiger partial charge in [0.1, 0.15) is 0 Å². The highest BCUT2D eigenvalue weighted by atomic mass is 35.5. The van der Waals surface area contributed by atoms with Crippen molar-refractivity contribution in [3.05, 3.63) is 34.9 Å². The minimum absolute atomic E-state index is 0.0320. The van der Waals surface area contributed by atoms with E-state index >= 15 is 0 Å². The molecule has 17 heavy (non-hydrogen) atoms. The van der Waals surface area contributed by atoms with E-state index in [-0.39, 0.29) is 11.2 Å². The molecule has 1 aliphatic heterocycles. The number of nitrogens with zero attached hydrogens (tertiary/aromatic N) is 2. The fourth-order valence-electron chi connectivity index (χ4n) is 1.20. The Morgan fingerprint density at radius 1 is 1.41 bits per heavy atom. The second-order valence-electron chi connectivity index (χ2n) is 3.45. The first-order chi connectivity index (χ1) is 8.15. The molecule has 1 aromatic rings. The number of benzene rings is 1. The summed E-state index contributed by atoms with van der Waals surface area (Å²) < 4.78 is 0. The number of halogens is 1. The van der Waals surface area contributed by atoms with Crippen molar-refractivity contribution in [1.82, 2.24) is 5.32 Å². The molecule has 1 aliphatic rings. The molecule has 1 amide bonds. The highest BCUT2D eigenvalue weighted by Gasteiger charge is 2.25. The number of rotatable bonds is 2. The molecule has 0 aromatic heterocycles. The van der Waals surface area contributed by atoms with Gasteiger partial charge in [-0.1, -0.05) is 35.5 Å². The lowest BCUT2D eigenvalue weighted by Gasteiger charge is -1.92. The third kappa shape index (κ3) is 3.31. The molecule has 6 heteroatoms. The molecule has 0 unspecified atom stereocenters. The minimum atomic E-state index is -0.0977. The summed E-state index contributed by atoms with van der Waals surface area (Å²) in [6.07, 6.45) is 1.61. The van der Waals surface area contributed by atoms with Gasteiger partial charge in [-0.15, -0.1) is 5.10 Å². The molecule has 1 N–H and O–H groups in total. The predicted octanol–water partition coefficient (Wildman–Crippen LogP) is 2.28. The lowest BCUT2D eigenvalue weighted by Crippen LogP contribution is -2.23. The minimum Gasteiger partial charge on any atom is -0.303 e. The quantitative estimate of drug-likeness (QED) is 0.660. The first-order valence-corrected chi connectivity index (χ1v) is 6.25. The molecular formula is C11H10ClN3OS. The van der Waals surface area contributed by atoms with Gasteiger partial charge >= 0.3 is 0 Å². The van der Waals surface area contributed by atoms with E-state index in [0.717, 1.165) is 5.56 Å². The molecule has 1 aromatic carbocycles. The lowest BCUT2D eigenvalue weighted by molar-refractivity contribution is -0.118. The fraction of sp³-hybridized carbons (Fsp3) is 0.182. The topological polar surface area (TPSA) is 53.8 Å². The average Bonchev–Trinajstić information content (AvgIpc) is 2.61. The molecule has 1 atom stereocenters. The van der Waals surface area contributed by atoms with Crippen molar-refractivity contribution in [2.45, 2.75) is 12.2 Å². The summed E-state index contributed by atoms with van der Waals surface area (Å²) in [5.41, 5.74) is 0.904. The van der Waals surface area contributed by atoms with Crippen molar-refractivity contribution < 1.29 is 4.79 Å². The van der Waals surface area contributed by atoms with Crippen LogP contribution in [-0.4, -0.2) is 22.5 Å². The molecule has 1 fully saturated rings. The van der Waals surface area contributed by atoms with E-state index in [1.54, 1.807) is 18.3 Å². The Hall–Kier alpha value is -1.33. The molecule has 0 radical (unpaired) electrons. The molecule has 4 nitrogen and oxygen atoms in total. The van der Waals surface area contributed by atoms with Crippen LogP contribution in [0.4, 0.5) is 0 Å². The summed E-state index contributed by atoms with van der Waals surface area (Å²) in [5.74, 6) is -0.0320.